The third kappa shape index (κ3) is 2.28. The van der Waals surface area contributed by atoms with Gasteiger partial charge in [0.1, 0.15) is 0 Å². The Morgan fingerprint density at radius 3 is 2.39 bits per heavy atom. The molecule has 92 valence electrons. The molecule has 18 heavy (non-hydrogen) atoms. The largest absolute Gasteiger partial charge is 0.0843 e. The quantitative estimate of drug-likeness (QED) is 0.646. The first-order valence-electron chi connectivity index (χ1n) is 6.21. The molecule has 0 atom stereocenters. The second-order valence-corrected chi connectivity index (χ2v) is 5.81. The van der Waals surface area contributed by atoms with E-state index in [1.807, 2.05) is 12.1 Å². The van der Waals surface area contributed by atoms with Crippen molar-refractivity contribution in [1.29, 1.82) is 0 Å². The van der Waals surface area contributed by atoms with Gasteiger partial charge in [-0.15, -0.1) is 0 Å². The van der Waals surface area contributed by atoms with Crippen LogP contribution in [0.25, 0.3) is 11.1 Å². The Morgan fingerprint density at radius 2 is 1.78 bits per heavy atom. The predicted octanol–water partition coefficient (Wildman–Crippen LogP) is 5.85. The van der Waals surface area contributed by atoms with E-state index < -0.39 is 0 Å². The van der Waals surface area contributed by atoms with Crippen molar-refractivity contribution < 1.29 is 0 Å². The molecule has 0 heterocycles. The van der Waals surface area contributed by atoms with Crippen LogP contribution in [0.4, 0.5) is 0 Å². The molecule has 1 fully saturated rings. The predicted molar refractivity (Wildman–Crippen MR) is 78.6 cm³/mol. The Balaban J connectivity index is 2.03. The van der Waals surface area contributed by atoms with Gasteiger partial charge in [0, 0.05) is 15.6 Å². The fraction of sp³-hybridized carbons (Fsp3) is 0.250. The molecule has 2 aromatic carbocycles. The van der Waals surface area contributed by atoms with E-state index in [2.05, 4.69) is 25.1 Å². The minimum Gasteiger partial charge on any atom is -0.0843 e. The van der Waals surface area contributed by atoms with Gasteiger partial charge >= 0.3 is 0 Å². The molecule has 0 aromatic heterocycles. The Bertz CT molecular complexity index is 598. The van der Waals surface area contributed by atoms with Gasteiger partial charge in [0.25, 0.3) is 0 Å². The van der Waals surface area contributed by atoms with E-state index in [4.69, 9.17) is 23.2 Å². The molecule has 0 unspecified atom stereocenters. The summed E-state index contributed by atoms with van der Waals surface area (Å²) in [6.07, 6.45) is 2.67. The molecule has 0 nitrogen and oxygen atoms in total. The van der Waals surface area contributed by atoms with Crippen LogP contribution >= 0.6 is 23.2 Å². The molecule has 0 spiro atoms. The van der Waals surface area contributed by atoms with Gasteiger partial charge in [0.05, 0.1) is 0 Å². The molecule has 1 saturated carbocycles. The van der Waals surface area contributed by atoms with Crippen LogP contribution in [0.3, 0.4) is 0 Å². The Kier molecular flexibility index (Phi) is 3.09. The number of halogens is 2. The number of aryl methyl sites for hydroxylation is 1. The molecule has 3 rings (SSSR count). The van der Waals surface area contributed by atoms with Crippen molar-refractivity contribution in [2.45, 2.75) is 25.7 Å². The normalized spacial score (nSPS) is 14.8. The van der Waals surface area contributed by atoms with Gasteiger partial charge in [-0.1, -0.05) is 47.5 Å². The lowest BCUT2D eigenvalue weighted by molar-refractivity contribution is 1.10. The number of hydrogen-bond acceptors (Lipinski definition) is 0. The van der Waals surface area contributed by atoms with Crippen LogP contribution in [0.5, 0.6) is 0 Å². The third-order valence-corrected chi connectivity index (χ3v) is 4.08. The molecular formula is C16H14Cl2. The fourth-order valence-corrected chi connectivity index (χ4v) is 2.94. The zero-order chi connectivity index (χ0) is 12.7. The van der Waals surface area contributed by atoms with Crippen molar-refractivity contribution in [3.63, 3.8) is 0 Å². The van der Waals surface area contributed by atoms with Crippen molar-refractivity contribution in [3.05, 3.63) is 57.6 Å². The summed E-state index contributed by atoms with van der Waals surface area (Å²) in [5, 5.41) is 1.39. The van der Waals surface area contributed by atoms with Gasteiger partial charge in [-0.25, -0.2) is 0 Å². The molecular weight excluding hydrogens is 263 g/mol. The maximum atomic E-state index is 6.25. The highest BCUT2D eigenvalue weighted by atomic mass is 35.5. The topological polar surface area (TPSA) is 0 Å². The van der Waals surface area contributed by atoms with Crippen molar-refractivity contribution in [2.75, 3.05) is 0 Å². The zero-order valence-electron chi connectivity index (χ0n) is 10.2. The first kappa shape index (κ1) is 12.1. The summed E-state index contributed by atoms with van der Waals surface area (Å²) in [6, 6.07) is 12.3. The molecule has 1 aliphatic rings. The molecule has 0 bridgehead atoms. The van der Waals surface area contributed by atoms with Crippen LogP contribution < -0.4 is 0 Å². The van der Waals surface area contributed by atoms with E-state index in [9.17, 15) is 0 Å². The molecule has 0 saturated heterocycles. The molecule has 0 aliphatic heterocycles. The SMILES string of the molecule is Cc1cc(-c2ccc(Cl)cc2Cl)ccc1C1CC1. The highest BCUT2D eigenvalue weighted by molar-refractivity contribution is 6.36. The van der Waals surface area contributed by atoms with Crippen LogP contribution in [0.2, 0.25) is 10.0 Å². The molecule has 0 radical (unpaired) electrons. The van der Waals surface area contributed by atoms with Gasteiger partial charge in [0.15, 0.2) is 0 Å². The average molecular weight is 277 g/mol. The van der Waals surface area contributed by atoms with Gasteiger partial charge in [-0.2, -0.15) is 0 Å². The molecule has 0 amide bonds. The van der Waals surface area contributed by atoms with Gasteiger partial charge in [-0.05, 0) is 54.5 Å². The number of rotatable bonds is 2. The van der Waals surface area contributed by atoms with E-state index in [0.29, 0.717) is 10.0 Å². The third-order valence-electron chi connectivity index (χ3n) is 3.53. The van der Waals surface area contributed by atoms with Crippen LogP contribution in [0.15, 0.2) is 36.4 Å². The van der Waals surface area contributed by atoms with Gasteiger partial charge in [0.2, 0.25) is 0 Å². The first-order valence-corrected chi connectivity index (χ1v) is 6.97. The van der Waals surface area contributed by atoms with Crippen LogP contribution in [0, 0.1) is 6.92 Å². The molecule has 0 N–H and O–H groups in total. The summed E-state index contributed by atoms with van der Waals surface area (Å²) in [7, 11) is 0. The smallest absolute Gasteiger partial charge is 0.0499 e. The van der Waals surface area contributed by atoms with Gasteiger partial charge < -0.3 is 0 Å². The maximum absolute atomic E-state index is 6.25. The summed E-state index contributed by atoms with van der Waals surface area (Å²) >= 11 is 12.2. The Morgan fingerprint density at radius 1 is 1.00 bits per heavy atom. The summed E-state index contributed by atoms with van der Waals surface area (Å²) in [4.78, 5) is 0. The van der Waals surface area contributed by atoms with Crippen LogP contribution in [-0.4, -0.2) is 0 Å². The van der Waals surface area contributed by atoms with E-state index in [-0.39, 0.29) is 0 Å². The van der Waals surface area contributed by atoms with Gasteiger partial charge in [-0.3, -0.25) is 0 Å². The molecule has 2 heteroatoms. The van der Waals surface area contributed by atoms with E-state index in [1.54, 1.807) is 6.07 Å². The standard InChI is InChI=1S/C16H14Cl2/c1-10-8-12(4-6-14(10)11-2-3-11)15-7-5-13(17)9-16(15)18/h4-9,11H,2-3H2,1H3. The summed E-state index contributed by atoms with van der Waals surface area (Å²) < 4.78 is 0. The second kappa shape index (κ2) is 4.60. The second-order valence-electron chi connectivity index (χ2n) is 4.97. The minimum atomic E-state index is 0.676. The Hall–Kier alpha value is -0.980. The van der Waals surface area contributed by atoms with E-state index in [1.165, 1.54) is 29.5 Å². The highest BCUT2D eigenvalue weighted by Crippen LogP contribution is 2.42. The summed E-state index contributed by atoms with van der Waals surface area (Å²) in [5.41, 5.74) is 5.06. The van der Waals surface area contributed by atoms with Crippen molar-refractivity contribution in [2.24, 2.45) is 0 Å². The number of benzene rings is 2. The lowest BCUT2D eigenvalue weighted by Gasteiger charge is -2.09. The zero-order valence-corrected chi connectivity index (χ0v) is 11.7. The highest BCUT2D eigenvalue weighted by Gasteiger charge is 2.24. The minimum absolute atomic E-state index is 0.676. The fourth-order valence-electron chi connectivity index (χ4n) is 2.42. The van der Waals surface area contributed by atoms with Crippen molar-refractivity contribution in [1.82, 2.24) is 0 Å². The van der Waals surface area contributed by atoms with Crippen molar-refractivity contribution >= 4 is 23.2 Å². The average Bonchev–Trinajstić information content (AvgIpc) is 3.13. The molecule has 2 aromatic rings. The first-order chi connectivity index (χ1) is 8.65. The van der Waals surface area contributed by atoms with Crippen LogP contribution in [0.1, 0.15) is 29.9 Å². The van der Waals surface area contributed by atoms with E-state index in [0.717, 1.165) is 11.5 Å². The lowest BCUT2D eigenvalue weighted by Crippen LogP contribution is -1.88. The summed E-state index contributed by atoms with van der Waals surface area (Å²) in [5.74, 6) is 0.791. The molecule has 1 aliphatic carbocycles. The lowest BCUT2D eigenvalue weighted by atomic mass is 9.97. The maximum Gasteiger partial charge on any atom is 0.0499 e. The van der Waals surface area contributed by atoms with E-state index >= 15 is 0 Å². The summed E-state index contributed by atoms with van der Waals surface area (Å²) in [6.45, 7) is 2.18. The van der Waals surface area contributed by atoms with Crippen LogP contribution in [-0.2, 0) is 0 Å². The Labute approximate surface area is 118 Å². The van der Waals surface area contributed by atoms with Crippen molar-refractivity contribution in [3.8, 4) is 11.1 Å². The number of hydrogen-bond donors (Lipinski definition) is 0. The monoisotopic (exact) mass is 276 g/mol.